The lowest BCUT2D eigenvalue weighted by Gasteiger charge is -2.10. The number of fused-ring (bicyclic) bond motifs is 1. The average molecular weight is 440 g/mol. The van der Waals surface area contributed by atoms with Crippen LogP contribution in [0.1, 0.15) is 11.1 Å². The maximum absolute atomic E-state index is 14.7. The van der Waals surface area contributed by atoms with Crippen molar-refractivity contribution in [1.29, 1.82) is 0 Å². The Kier molecular flexibility index (Phi) is 5.43. The largest absolute Gasteiger partial charge is 0.458 e. The molecule has 0 unspecified atom stereocenters. The van der Waals surface area contributed by atoms with Crippen molar-refractivity contribution < 1.29 is 26.3 Å². The number of hydrogen-bond acceptors (Lipinski definition) is 0. The Morgan fingerprint density at radius 1 is 0.656 bits per heavy atom. The van der Waals surface area contributed by atoms with Gasteiger partial charge in [-0.05, 0) is 52.8 Å². The van der Waals surface area contributed by atoms with Crippen LogP contribution in [0.15, 0.2) is 66.7 Å². The first-order valence-corrected chi connectivity index (χ1v) is 9.51. The second-order valence-corrected chi connectivity index (χ2v) is 7.29. The van der Waals surface area contributed by atoms with Gasteiger partial charge in [-0.15, -0.1) is 0 Å². The van der Waals surface area contributed by atoms with Crippen molar-refractivity contribution in [3.8, 4) is 34.1 Å². The molecular formula is C26H14F6. The highest BCUT2D eigenvalue weighted by Crippen LogP contribution is 2.32. The molecule has 0 radical (unpaired) electrons. The zero-order chi connectivity index (χ0) is 23.0. The number of alkyl halides is 3. The summed E-state index contributed by atoms with van der Waals surface area (Å²) in [6.45, 7) is 1.98. The lowest BCUT2D eigenvalue weighted by Crippen LogP contribution is -2.03. The van der Waals surface area contributed by atoms with E-state index in [-0.39, 0.29) is 5.39 Å². The Morgan fingerprint density at radius 2 is 1.19 bits per heavy atom. The first kappa shape index (κ1) is 21.5. The summed E-state index contributed by atoms with van der Waals surface area (Å²) >= 11 is 0. The van der Waals surface area contributed by atoms with Gasteiger partial charge in [0.2, 0.25) is 0 Å². The van der Waals surface area contributed by atoms with Crippen LogP contribution in [-0.2, 0) is 0 Å². The van der Waals surface area contributed by atoms with Crippen LogP contribution in [0, 0.1) is 36.2 Å². The lowest BCUT2D eigenvalue weighted by molar-refractivity contribution is -0.0696. The minimum atomic E-state index is -4.93. The minimum absolute atomic E-state index is 0.116. The number of rotatable bonds is 2. The average Bonchev–Trinajstić information content (AvgIpc) is 2.73. The molecule has 0 fully saturated rings. The Balaban J connectivity index is 1.76. The van der Waals surface area contributed by atoms with Crippen molar-refractivity contribution in [2.45, 2.75) is 13.1 Å². The van der Waals surface area contributed by atoms with E-state index in [1.165, 1.54) is 12.0 Å². The van der Waals surface area contributed by atoms with E-state index in [2.05, 4.69) is 0 Å². The molecule has 0 aromatic heterocycles. The highest BCUT2D eigenvalue weighted by molar-refractivity contribution is 5.90. The summed E-state index contributed by atoms with van der Waals surface area (Å²) in [6, 6.07) is 18.4. The van der Waals surface area contributed by atoms with Crippen LogP contribution >= 0.6 is 0 Å². The van der Waals surface area contributed by atoms with Crippen LogP contribution in [-0.4, -0.2) is 6.18 Å². The summed E-state index contributed by atoms with van der Waals surface area (Å²) in [5.74, 6) is -1.55. The highest BCUT2D eigenvalue weighted by Gasteiger charge is 2.24. The first-order valence-electron chi connectivity index (χ1n) is 9.51. The van der Waals surface area contributed by atoms with Crippen molar-refractivity contribution in [1.82, 2.24) is 0 Å². The van der Waals surface area contributed by atoms with Crippen LogP contribution in [0.25, 0.3) is 33.0 Å². The summed E-state index contributed by atoms with van der Waals surface area (Å²) in [7, 11) is 0. The molecule has 0 aliphatic heterocycles. The number of aryl methyl sites for hydroxylation is 1. The molecule has 0 atom stereocenters. The van der Waals surface area contributed by atoms with E-state index >= 15 is 0 Å². The van der Waals surface area contributed by atoms with E-state index < -0.39 is 34.6 Å². The van der Waals surface area contributed by atoms with Crippen molar-refractivity contribution in [2.75, 3.05) is 0 Å². The van der Waals surface area contributed by atoms with E-state index in [4.69, 9.17) is 0 Å². The predicted molar refractivity (Wildman–Crippen MR) is 112 cm³/mol. The van der Waals surface area contributed by atoms with Crippen LogP contribution in [0.4, 0.5) is 26.3 Å². The molecule has 6 heteroatoms. The molecule has 0 spiro atoms. The third-order valence-electron chi connectivity index (χ3n) is 5.01. The SMILES string of the molecule is Cc1ccc(-c2ccc(-c3cc(F)c4c(F)c(C#CC(F)(F)F)c(F)cc4c3)cc2)cc1. The van der Waals surface area contributed by atoms with Crippen LogP contribution in [0.5, 0.6) is 0 Å². The fraction of sp³-hybridized carbons (Fsp3) is 0.0769. The van der Waals surface area contributed by atoms with Gasteiger partial charge in [0.05, 0.1) is 10.9 Å². The summed E-state index contributed by atoms with van der Waals surface area (Å²) in [6.07, 6.45) is -4.93. The first-order chi connectivity index (χ1) is 15.1. The summed E-state index contributed by atoms with van der Waals surface area (Å²) < 4.78 is 80.5. The van der Waals surface area contributed by atoms with Crippen LogP contribution in [0.3, 0.4) is 0 Å². The third kappa shape index (κ3) is 4.33. The Morgan fingerprint density at radius 3 is 1.75 bits per heavy atom. The van der Waals surface area contributed by atoms with E-state index in [0.29, 0.717) is 11.1 Å². The minimum Gasteiger partial charge on any atom is -0.206 e. The van der Waals surface area contributed by atoms with Crippen molar-refractivity contribution in [3.05, 3.63) is 95.3 Å². The monoisotopic (exact) mass is 440 g/mol. The Labute approximate surface area is 180 Å². The zero-order valence-corrected chi connectivity index (χ0v) is 16.6. The predicted octanol–water partition coefficient (Wildman–Crippen LogP) is 7.81. The molecule has 0 amide bonds. The van der Waals surface area contributed by atoms with Crippen molar-refractivity contribution in [2.24, 2.45) is 0 Å². The molecule has 0 saturated carbocycles. The number of benzene rings is 4. The number of halogens is 6. The molecule has 0 saturated heterocycles. The quantitative estimate of drug-likeness (QED) is 0.220. The van der Waals surface area contributed by atoms with E-state index in [1.54, 1.807) is 12.1 Å². The van der Waals surface area contributed by atoms with Gasteiger partial charge in [-0.2, -0.15) is 13.2 Å². The van der Waals surface area contributed by atoms with E-state index in [1.807, 2.05) is 43.3 Å². The van der Waals surface area contributed by atoms with Crippen molar-refractivity contribution in [3.63, 3.8) is 0 Å². The van der Waals surface area contributed by atoms with Gasteiger partial charge in [0.1, 0.15) is 11.6 Å². The summed E-state index contributed by atoms with van der Waals surface area (Å²) in [5, 5.41) is -0.729. The molecule has 0 N–H and O–H groups in total. The molecular weight excluding hydrogens is 426 g/mol. The van der Waals surface area contributed by atoms with Gasteiger partial charge >= 0.3 is 6.18 Å². The standard InChI is InChI=1S/C26H14F6/c1-15-2-4-16(5-3-15)17-6-8-18(9-7-17)19-12-20-14-22(27)21(10-11-26(30,31)32)25(29)24(20)23(28)13-19/h2-9,12-14H,1H3. The second kappa shape index (κ2) is 8.08. The summed E-state index contributed by atoms with van der Waals surface area (Å²) in [4.78, 5) is 0. The Bertz CT molecular complexity index is 1370. The molecule has 0 heterocycles. The fourth-order valence-corrected chi connectivity index (χ4v) is 3.43. The van der Waals surface area contributed by atoms with Crippen LogP contribution in [0.2, 0.25) is 0 Å². The maximum atomic E-state index is 14.7. The molecule has 4 aromatic carbocycles. The van der Waals surface area contributed by atoms with Gasteiger partial charge in [0.25, 0.3) is 0 Å². The van der Waals surface area contributed by atoms with Crippen LogP contribution < -0.4 is 0 Å². The maximum Gasteiger partial charge on any atom is 0.458 e. The lowest BCUT2D eigenvalue weighted by atomic mass is 9.96. The fourth-order valence-electron chi connectivity index (χ4n) is 3.43. The Hall–Kier alpha value is -3.72. The smallest absolute Gasteiger partial charge is 0.206 e. The van der Waals surface area contributed by atoms with Gasteiger partial charge in [-0.1, -0.05) is 60.0 Å². The summed E-state index contributed by atoms with van der Waals surface area (Å²) in [5.41, 5.74) is 2.94. The molecule has 160 valence electrons. The van der Waals surface area contributed by atoms with E-state index in [0.717, 1.165) is 34.7 Å². The van der Waals surface area contributed by atoms with E-state index in [9.17, 15) is 26.3 Å². The molecule has 4 rings (SSSR count). The normalized spacial score (nSPS) is 11.3. The highest BCUT2D eigenvalue weighted by atomic mass is 19.4. The van der Waals surface area contributed by atoms with Gasteiger partial charge in [-0.25, -0.2) is 13.2 Å². The van der Waals surface area contributed by atoms with Gasteiger partial charge < -0.3 is 0 Å². The van der Waals surface area contributed by atoms with Crippen molar-refractivity contribution >= 4 is 10.8 Å². The molecule has 4 aromatic rings. The second-order valence-electron chi connectivity index (χ2n) is 7.29. The zero-order valence-electron chi connectivity index (χ0n) is 16.6. The molecule has 0 aliphatic rings. The molecule has 0 aliphatic carbocycles. The van der Waals surface area contributed by atoms with Gasteiger partial charge in [0, 0.05) is 5.92 Å². The third-order valence-corrected chi connectivity index (χ3v) is 5.01. The van der Waals surface area contributed by atoms with Gasteiger partial charge in [-0.3, -0.25) is 0 Å². The molecule has 0 bridgehead atoms. The van der Waals surface area contributed by atoms with Gasteiger partial charge in [0.15, 0.2) is 5.82 Å². The molecule has 32 heavy (non-hydrogen) atoms. The number of hydrogen-bond donors (Lipinski definition) is 0. The topological polar surface area (TPSA) is 0 Å². The molecule has 0 nitrogen and oxygen atoms in total.